The first kappa shape index (κ1) is 20.9. The summed E-state index contributed by atoms with van der Waals surface area (Å²) >= 11 is 0. The van der Waals surface area contributed by atoms with Crippen LogP contribution in [0.5, 0.6) is 5.75 Å². The fraction of sp³-hybridized carbons (Fsp3) is 0.350. The van der Waals surface area contributed by atoms with Crippen LogP contribution in [0.1, 0.15) is 36.7 Å². The number of hydrogen-bond donors (Lipinski definition) is 1. The number of rotatable bonds is 8. The van der Waals surface area contributed by atoms with Crippen LogP contribution in [-0.4, -0.2) is 38.9 Å². The van der Waals surface area contributed by atoms with Crippen molar-refractivity contribution in [1.29, 1.82) is 0 Å². The van der Waals surface area contributed by atoms with E-state index in [-0.39, 0.29) is 16.8 Å². The van der Waals surface area contributed by atoms with Gasteiger partial charge < -0.3 is 9.64 Å². The molecule has 0 atom stereocenters. The SMILES string of the molecule is CCOc1ccc(CN(C)C(=O)c2ccc(S(=O)(=O)NC(C)C)cc2)cc1. The van der Waals surface area contributed by atoms with Crippen LogP contribution in [0.2, 0.25) is 0 Å². The molecule has 0 saturated heterocycles. The number of sulfonamides is 1. The van der Waals surface area contributed by atoms with Crippen LogP contribution >= 0.6 is 0 Å². The number of carbonyl (C=O) groups is 1. The van der Waals surface area contributed by atoms with Crippen molar-refractivity contribution in [3.63, 3.8) is 0 Å². The van der Waals surface area contributed by atoms with Crippen LogP contribution < -0.4 is 9.46 Å². The minimum atomic E-state index is -3.57. The lowest BCUT2D eigenvalue weighted by Gasteiger charge is -2.18. The molecule has 0 radical (unpaired) electrons. The third-order valence-electron chi connectivity index (χ3n) is 3.80. The Morgan fingerprint density at radius 3 is 2.19 bits per heavy atom. The first-order valence-corrected chi connectivity index (χ1v) is 10.3. The number of ether oxygens (including phenoxy) is 1. The van der Waals surface area contributed by atoms with Crippen molar-refractivity contribution < 1.29 is 17.9 Å². The van der Waals surface area contributed by atoms with E-state index in [1.165, 1.54) is 24.3 Å². The molecule has 1 N–H and O–H groups in total. The van der Waals surface area contributed by atoms with E-state index < -0.39 is 10.0 Å². The van der Waals surface area contributed by atoms with Crippen LogP contribution in [-0.2, 0) is 16.6 Å². The second-order valence-electron chi connectivity index (χ2n) is 6.54. The average Bonchev–Trinajstić information content (AvgIpc) is 2.62. The summed E-state index contributed by atoms with van der Waals surface area (Å²) in [7, 11) is -1.85. The van der Waals surface area contributed by atoms with E-state index in [2.05, 4.69) is 4.72 Å². The van der Waals surface area contributed by atoms with Gasteiger partial charge >= 0.3 is 0 Å². The Bertz CT molecular complexity index is 860. The lowest BCUT2D eigenvalue weighted by Crippen LogP contribution is -2.30. The minimum Gasteiger partial charge on any atom is -0.494 e. The first-order chi connectivity index (χ1) is 12.7. The molecular weight excluding hydrogens is 364 g/mol. The Balaban J connectivity index is 2.06. The molecule has 146 valence electrons. The molecule has 1 amide bonds. The Kier molecular flexibility index (Phi) is 6.98. The van der Waals surface area contributed by atoms with Crippen molar-refractivity contribution in [3.05, 3.63) is 59.7 Å². The maximum Gasteiger partial charge on any atom is 0.253 e. The van der Waals surface area contributed by atoms with Crippen molar-refractivity contribution in [3.8, 4) is 5.75 Å². The van der Waals surface area contributed by atoms with Gasteiger partial charge in [-0.25, -0.2) is 13.1 Å². The molecule has 0 aliphatic rings. The van der Waals surface area contributed by atoms with Crippen molar-refractivity contribution in [2.24, 2.45) is 0 Å². The lowest BCUT2D eigenvalue weighted by molar-refractivity contribution is 0.0785. The van der Waals surface area contributed by atoms with Gasteiger partial charge in [0.15, 0.2) is 0 Å². The van der Waals surface area contributed by atoms with Crippen molar-refractivity contribution >= 4 is 15.9 Å². The van der Waals surface area contributed by atoms with Gasteiger partial charge in [-0.2, -0.15) is 0 Å². The van der Waals surface area contributed by atoms with Crippen molar-refractivity contribution in [2.45, 2.75) is 38.3 Å². The number of carbonyl (C=O) groups excluding carboxylic acids is 1. The molecule has 0 fully saturated rings. The highest BCUT2D eigenvalue weighted by Crippen LogP contribution is 2.16. The van der Waals surface area contributed by atoms with Gasteiger partial charge in [0.2, 0.25) is 10.0 Å². The standard InChI is InChI=1S/C20H26N2O4S/c1-5-26-18-10-6-16(7-11-18)14-22(4)20(23)17-8-12-19(13-9-17)27(24,25)21-15(2)3/h6-13,15,21H,5,14H2,1-4H3. The predicted octanol–water partition coefficient (Wildman–Crippen LogP) is 3.04. The summed E-state index contributed by atoms with van der Waals surface area (Å²) in [5.41, 5.74) is 1.42. The van der Waals surface area contributed by atoms with E-state index in [0.717, 1.165) is 11.3 Å². The van der Waals surface area contributed by atoms with Gasteiger partial charge in [-0.1, -0.05) is 12.1 Å². The van der Waals surface area contributed by atoms with Gasteiger partial charge in [0, 0.05) is 25.2 Å². The summed E-state index contributed by atoms with van der Waals surface area (Å²) in [4.78, 5) is 14.3. The van der Waals surface area contributed by atoms with Crippen LogP contribution in [0, 0.1) is 0 Å². The summed E-state index contributed by atoms with van der Waals surface area (Å²) in [5.74, 6) is 0.617. The van der Waals surface area contributed by atoms with Crippen LogP contribution in [0.4, 0.5) is 0 Å². The molecular formula is C20H26N2O4S. The number of benzene rings is 2. The van der Waals surface area contributed by atoms with Gasteiger partial charge in [0.1, 0.15) is 5.75 Å². The van der Waals surface area contributed by atoms with E-state index >= 15 is 0 Å². The second kappa shape index (κ2) is 9.01. The van der Waals surface area contributed by atoms with Crippen LogP contribution in [0.15, 0.2) is 53.4 Å². The zero-order chi connectivity index (χ0) is 20.0. The molecule has 27 heavy (non-hydrogen) atoms. The summed E-state index contributed by atoms with van der Waals surface area (Å²) in [6.07, 6.45) is 0. The molecule has 7 heteroatoms. The maximum atomic E-state index is 12.6. The molecule has 0 aliphatic carbocycles. The van der Waals surface area contributed by atoms with Crippen LogP contribution in [0.25, 0.3) is 0 Å². The first-order valence-electron chi connectivity index (χ1n) is 8.82. The zero-order valence-electron chi connectivity index (χ0n) is 16.1. The number of nitrogens with zero attached hydrogens (tertiary/aromatic N) is 1. The fourth-order valence-corrected chi connectivity index (χ4v) is 3.83. The number of nitrogens with one attached hydrogen (secondary N) is 1. The minimum absolute atomic E-state index is 0.141. The summed E-state index contributed by atoms with van der Waals surface area (Å²) in [6, 6.07) is 13.3. The Morgan fingerprint density at radius 1 is 1.07 bits per heavy atom. The molecule has 2 aromatic rings. The Labute approximate surface area is 161 Å². The molecule has 2 aromatic carbocycles. The van der Waals surface area contributed by atoms with Crippen LogP contribution in [0.3, 0.4) is 0 Å². The number of hydrogen-bond acceptors (Lipinski definition) is 4. The highest BCUT2D eigenvalue weighted by molar-refractivity contribution is 7.89. The zero-order valence-corrected chi connectivity index (χ0v) is 16.9. The van der Waals surface area contributed by atoms with E-state index in [0.29, 0.717) is 18.7 Å². The van der Waals surface area contributed by atoms with Crippen molar-refractivity contribution in [2.75, 3.05) is 13.7 Å². The third kappa shape index (κ3) is 5.80. The summed E-state index contributed by atoms with van der Waals surface area (Å²) in [5, 5.41) is 0. The Hall–Kier alpha value is -2.38. The lowest BCUT2D eigenvalue weighted by atomic mass is 10.1. The highest BCUT2D eigenvalue weighted by Gasteiger charge is 2.17. The average molecular weight is 391 g/mol. The molecule has 0 aromatic heterocycles. The molecule has 0 aliphatic heterocycles. The van der Waals surface area contributed by atoms with Gasteiger partial charge in [0.05, 0.1) is 11.5 Å². The Morgan fingerprint density at radius 2 is 1.67 bits per heavy atom. The molecule has 2 rings (SSSR count). The molecule has 0 bridgehead atoms. The molecule has 0 spiro atoms. The predicted molar refractivity (Wildman–Crippen MR) is 105 cm³/mol. The smallest absolute Gasteiger partial charge is 0.253 e. The van der Waals surface area contributed by atoms with Crippen molar-refractivity contribution in [1.82, 2.24) is 9.62 Å². The summed E-state index contributed by atoms with van der Waals surface area (Å²) < 4.78 is 32.2. The van der Waals surface area contributed by atoms with Gasteiger partial charge in [-0.3, -0.25) is 4.79 Å². The highest BCUT2D eigenvalue weighted by atomic mass is 32.2. The molecule has 0 heterocycles. The quantitative estimate of drug-likeness (QED) is 0.752. The third-order valence-corrected chi connectivity index (χ3v) is 5.48. The van der Waals surface area contributed by atoms with Gasteiger partial charge in [0.25, 0.3) is 5.91 Å². The topological polar surface area (TPSA) is 75.7 Å². The number of amides is 1. The molecule has 0 saturated carbocycles. The second-order valence-corrected chi connectivity index (χ2v) is 8.25. The fourth-order valence-electron chi connectivity index (χ4n) is 2.58. The van der Waals surface area contributed by atoms with E-state index in [1.807, 2.05) is 31.2 Å². The van der Waals surface area contributed by atoms with E-state index in [4.69, 9.17) is 4.74 Å². The maximum absolute atomic E-state index is 12.6. The van der Waals surface area contributed by atoms with Gasteiger partial charge in [-0.05, 0) is 62.7 Å². The normalized spacial score (nSPS) is 11.4. The van der Waals surface area contributed by atoms with E-state index in [9.17, 15) is 13.2 Å². The van der Waals surface area contributed by atoms with Gasteiger partial charge in [-0.15, -0.1) is 0 Å². The molecule has 0 unspecified atom stereocenters. The largest absolute Gasteiger partial charge is 0.494 e. The molecule has 6 nitrogen and oxygen atoms in total. The summed E-state index contributed by atoms with van der Waals surface area (Å²) in [6.45, 7) is 6.49. The monoisotopic (exact) mass is 390 g/mol. The van der Waals surface area contributed by atoms with E-state index in [1.54, 1.807) is 25.8 Å².